The van der Waals surface area contributed by atoms with Crippen LogP contribution in [0.2, 0.25) is 0 Å². The van der Waals surface area contributed by atoms with Gasteiger partial charge >= 0.3 is 51.4 Å². The molecule has 0 saturated carbocycles. The SMILES string of the molecule is CCCCCCCCCCCC(=O)CC(CN)S(=O)(=O)[O-].[K+]. The van der Waals surface area contributed by atoms with Gasteiger partial charge in [-0.25, -0.2) is 8.42 Å². The number of carbonyl (C=O) groups is 1. The molecule has 1 unspecified atom stereocenters. The summed E-state index contributed by atoms with van der Waals surface area (Å²) < 4.78 is 32.5. The maximum Gasteiger partial charge on any atom is 1.00 e. The van der Waals surface area contributed by atoms with E-state index in [1.54, 1.807) is 0 Å². The van der Waals surface area contributed by atoms with Gasteiger partial charge in [-0.3, -0.25) is 4.79 Å². The van der Waals surface area contributed by atoms with E-state index in [1.165, 1.54) is 38.5 Å². The molecule has 0 aliphatic heterocycles. The third-order valence-electron chi connectivity index (χ3n) is 3.69. The fourth-order valence-electron chi connectivity index (χ4n) is 2.29. The monoisotopic (exact) mass is 359 g/mol. The topological polar surface area (TPSA) is 100 Å². The van der Waals surface area contributed by atoms with E-state index in [-0.39, 0.29) is 70.1 Å². The van der Waals surface area contributed by atoms with Gasteiger partial charge in [0.2, 0.25) is 0 Å². The van der Waals surface area contributed by atoms with Crippen LogP contribution >= 0.6 is 0 Å². The van der Waals surface area contributed by atoms with Crippen molar-refractivity contribution >= 4 is 15.9 Å². The first-order valence-corrected chi connectivity index (χ1v) is 9.55. The molecule has 22 heavy (non-hydrogen) atoms. The third kappa shape index (κ3) is 14.7. The average molecular weight is 360 g/mol. The number of carbonyl (C=O) groups excluding carboxylic acids is 1. The van der Waals surface area contributed by atoms with Crippen LogP contribution in [0.1, 0.15) is 77.6 Å². The summed E-state index contributed by atoms with van der Waals surface area (Å²) in [7, 11) is -4.46. The Balaban J connectivity index is 0. The number of hydrogen-bond acceptors (Lipinski definition) is 5. The smallest absolute Gasteiger partial charge is 0.748 e. The number of nitrogens with two attached hydrogens (primary N) is 1. The van der Waals surface area contributed by atoms with E-state index in [9.17, 15) is 17.8 Å². The summed E-state index contributed by atoms with van der Waals surface area (Å²) in [4.78, 5) is 11.6. The summed E-state index contributed by atoms with van der Waals surface area (Å²) in [5, 5.41) is -1.26. The maximum absolute atomic E-state index is 11.6. The Morgan fingerprint density at radius 3 is 1.86 bits per heavy atom. The molecule has 0 radical (unpaired) electrons. The third-order valence-corrected chi connectivity index (χ3v) is 4.86. The van der Waals surface area contributed by atoms with Crippen LogP contribution in [-0.2, 0) is 14.9 Å². The molecule has 5 nitrogen and oxygen atoms in total. The van der Waals surface area contributed by atoms with Crippen molar-refractivity contribution in [2.45, 2.75) is 82.8 Å². The van der Waals surface area contributed by atoms with Crippen LogP contribution in [0, 0.1) is 0 Å². The van der Waals surface area contributed by atoms with Gasteiger partial charge in [0.1, 0.15) is 5.78 Å². The van der Waals surface area contributed by atoms with Gasteiger partial charge in [-0.05, 0) is 6.42 Å². The number of rotatable bonds is 14. The zero-order valence-electron chi connectivity index (χ0n) is 14.2. The Bertz CT molecular complexity index is 374. The average Bonchev–Trinajstić information content (AvgIpc) is 2.41. The normalized spacial score (nSPS) is 12.7. The Morgan fingerprint density at radius 1 is 1.00 bits per heavy atom. The largest absolute Gasteiger partial charge is 1.00 e. The van der Waals surface area contributed by atoms with Crippen LogP contribution < -0.4 is 57.1 Å². The minimum atomic E-state index is -4.46. The van der Waals surface area contributed by atoms with Gasteiger partial charge in [0.05, 0.1) is 15.4 Å². The van der Waals surface area contributed by atoms with Gasteiger partial charge in [0.15, 0.2) is 0 Å². The molecule has 1 atom stereocenters. The van der Waals surface area contributed by atoms with Crippen molar-refractivity contribution in [1.82, 2.24) is 0 Å². The molecule has 0 fully saturated rings. The number of hydrogen-bond donors (Lipinski definition) is 1. The zero-order chi connectivity index (χ0) is 16.1. The van der Waals surface area contributed by atoms with Crippen LogP contribution in [0.5, 0.6) is 0 Å². The van der Waals surface area contributed by atoms with E-state index >= 15 is 0 Å². The Hall–Kier alpha value is 1.18. The molecule has 126 valence electrons. The second kappa shape index (κ2) is 15.7. The van der Waals surface area contributed by atoms with Crippen molar-refractivity contribution in [3.8, 4) is 0 Å². The molecule has 0 aromatic rings. The van der Waals surface area contributed by atoms with Gasteiger partial charge in [-0.1, -0.05) is 58.3 Å². The van der Waals surface area contributed by atoms with Gasteiger partial charge < -0.3 is 10.3 Å². The Morgan fingerprint density at radius 2 is 1.45 bits per heavy atom. The van der Waals surface area contributed by atoms with E-state index in [0.29, 0.717) is 6.42 Å². The molecule has 0 spiro atoms. The summed E-state index contributed by atoms with van der Waals surface area (Å²) in [6, 6.07) is 0. The molecule has 0 bridgehead atoms. The van der Waals surface area contributed by atoms with Crippen molar-refractivity contribution in [3.05, 3.63) is 0 Å². The predicted octanol–water partition coefficient (Wildman–Crippen LogP) is -0.257. The van der Waals surface area contributed by atoms with Gasteiger partial charge in [0, 0.05) is 19.4 Å². The van der Waals surface area contributed by atoms with Crippen molar-refractivity contribution in [3.63, 3.8) is 0 Å². The summed E-state index contributed by atoms with van der Waals surface area (Å²) in [6.07, 6.45) is 10.6. The van der Waals surface area contributed by atoms with Crippen LogP contribution in [0.25, 0.3) is 0 Å². The molecule has 0 aliphatic rings. The van der Waals surface area contributed by atoms with Crippen LogP contribution in [0.3, 0.4) is 0 Å². The molecule has 0 rings (SSSR count). The van der Waals surface area contributed by atoms with Gasteiger partial charge in [-0.15, -0.1) is 0 Å². The first-order chi connectivity index (χ1) is 9.91. The number of ketones is 1. The summed E-state index contributed by atoms with van der Waals surface area (Å²) in [6.45, 7) is 1.92. The minimum Gasteiger partial charge on any atom is -0.748 e. The summed E-state index contributed by atoms with van der Waals surface area (Å²) in [5.41, 5.74) is 5.22. The number of Topliss-reactive ketones (excluding diaryl/α,β-unsaturated/α-hetero) is 1. The second-order valence-corrected chi connectivity index (χ2v) is 7.32. The maximum atomic E-state index is 11.6. The van der Waals surface area contributed by atoms with E-state index < -0.39 is 15.4 Å². The fourth-order valence-corrected chi connectivity index (χ4v) is 2.92. The van der Waals surface area contributed by atoms with E-state index in [4.69, 9.17) is 5.73 Å². The molecule has 2 N–H and O–H groups in total. The summed E-state index contributed by atoms with van der Waals surface area (Å²) >= 11 is 0. The first kappa shape index (κ1) is 25.4. The predicted molar refractivity (Wildman–Crippen MR) is 84.0 cm³/mol. The van der Waals surface area contributed by atoms with E-state index in [1.807, 2.05) is 0 Å². The second-order valence-electron chi connectivity index (χ2n) is 5.67. The van der Waals surface area contributed by atoms with Crippen LogP contribution in [-0.4, -0.2) is 30.5 Å². The zero-order valence-corrected chi connectivity index (χ0v) is 18.1. The molecule has 0 aromatic carbocycles. The molecule has 0 aromatic heterocycles. The van der Waals surface area contributed by atoms with Gasteiger partial charge in [-0.2, -0.15) is 0 Å². The van der Waals surface area contributed by atoms with Crippen molar-refractivity contribution < 1.29 is 69.1 Å². The first-order valence-electron chi connectivity index (χ1n) is 8.08. The van der Waals surface area contributed by atoms with E-state index in [2.05, 4.69) is 6.92 Å². The minimum absolute atomic E-state index is 0. The van der Waals surface area contributed by atoms with Crippen molar-refractivity contribution in [1.29, 1.82) is 0 Å². The molecular weight excluding hydrogens is 329 g/mol. The molecule has 0 amide bonds. The standard InChI is InChI=1S/C15H31NO4S.K/c1-2-3-4-5-6-7-8-9-10-11-14(17)12-15(13-16)21(18,19)20;/h15H,2-13,16H2,1H3,(H,18,19,20);/q;+1/p-1. The Labute approximate surface area is 178 Å². The molecular formula is C15H30KNO4S. The Kier molecular flexibility index (Phi) is 18.1. The number of unbranched alkanes of at least 4 members (excludes halogenated alkanes) is 8. The van der Waals surface area contributed by atoms with E-state index in [0.717, 1.165) is 19.3 Å². The fraction of sp³-hybridized carbons (Fsp3) is 0.933. The molecule has 0 saturated heterocycles. The summed E-state index contributed by atoms with van der Waals surface area (Å²) in [5.74, 6) is -0.173. The van der Waals surface area contributed by atoms with Crippen molar-refractivity contribution in [2.75, 3.05) is 6.54 Å². The quantitative estimate of drug-likeness (QED) is 0.262. The van der Waals surface area contributed by atoms with Gasteiger partial charge in [0.25, 0.3) is 0 Å². The molecule has 0 heterocycles. The van der Waals surface area contributed by atoms with Crippen LogP contribution in [0.4, 0.5) is 0 Å². The molecule has 0 aliphatic carbocycles. The van der Waals surface area contributed by atoms with Crippen LogP contribution in [0.15, 0.2) is 0 Å². The van der Waals surface area contributed by atoms with Crippen molar-refractivity contribution in [2.24, 2.45) is 5.73 Å². The molecule has 7 heteroatoms.